The molecule has 0 atom stereocenters. The van der Waals surface area contributed by atoms with Gasteiger partial charge in [-0.25, -0.2) is 4.98 Å². The van der Waals surface area contributed by atoms with E-state index in [1.54, 1.807) is 0 Å². The van der Waals surface area contributed by atoms with Crippen molar-refractivity contribution in [3.63, 3.8) is 0 Å². The number of hydrogen-bond acceptors (Lipinski definition) is 6. The van der Waals surface area contributed by atoms with Crippen LogP contribution in [0.1, 0.15) is 5.69 Å². The van der Waals surface area contributed by atoms with E-state index >= 15 is 0 Å². The molecule has 0 saturated carbocycles. The lowest BCUT2D eigenvalue weighted by molar-refractivity contribution is 0.122. The van der Waals surface area contributed by atoms with Crippen molar-refractivity contribution in [3.8, 4) is 11.5 Å². The van der Waals surface area contributed by atoms with Gasteiger partial charge < -0.3 is 19.7 Å². The van der Waals surface area contributed by atoms with Gasteiger partial charge in [0.15, 0.2) is 0 Å². The van der Waals surface area contributed by atoms with Crippen molar-refractivity contribution in [1.82, 2.24) is 9.97 Å². The maximum atomic E-state index is 5.83. The van der Waals surface area contributed by atoms with Gasteiger partial charge in [-0.1, -0.05) is 18.2 Å². The number of para-hydroxylation sites is 1. The van der Waals surface area contributed by atoms with Crippen LogP contribution in [0.5, 0.6) is 11.5 Å². The summed E-state index contributed by atoms with van der Waals surface area (Å²) in [6, 6.07) is 19.5. The molecule has 1 aromatic heterocycles. The Morgan fingerprint density at radius 2 is 1.63 bits per heavy atom. The monoisotopic (exact) mass is 362 g/mol. The van der Waals surface area contributed by atoms with E-state index in [1.165, 1.54) is 0 Å². The second kappa shape index (κ2) is 8.05. The average Bonchev–Trinajstić information content (AvgIpc) is 2.71. The summed E-state index contributed by atoms with van der Waals surface area (Å²) in [7, 11) is 0. The minimum absolute atomic E-state index is 0.711. The molecule has 27 heavy (non-hydrogen) atoms. The van der Waals surface area contributed by atoms with E-state index < -0.39 is 0 Å². The predicted molar refractivity (Wildman–Crippen MR) is 106 cm³/mol. The van der Waals surface area contributed by atoms with Crippen LogP contribution in [-0.4, -0.2) is 36.3 Å². The summed E-state index contributed by atoms with van der Waals surface area (Å²) in [6.07, 6.45) is 0. The van der Waals surface area contributed by atoms with Crippen LogP contribution >= 0.6 is 0 Å². The van der Waals surface area contributed by atoms with E-state index in [2.05, 4.69) is 20.2 Å². The van der Waals surface area contributed by atoms with Crippen molar-refractivity contribution in [3.05, 3.63) is 66.4 Å². The highest BCUT2D eigenvalue weighted by molar-refractivity contribution is 5.59. The van der Waals surface area contributed by atoms with Gasteiger partial charge in [0, 0.05) is 30.5 Å². The van der Waals surface area contributed by atoms with Crippen molar-refractivity contribution in [2.75, 3.05) is 36.5 Å². The average molecular weight is 362 g/mol. The van der Waals surface area contributed by atoms with E-state index in [0.29, 0.717) is 13.2 Å². The largest absolute Gasteiger partial charge is 0.457 e. The number of aromatic nitrogens is 2. The summed E-state index contributed by atoms with van der Waals surface area (Å²) in [5.74, 6) is 3.13. The van der Waals surface area contributed by atoms with Crippen molar-refractivity contribution in [2.24, 2.45) is 0 Å². The van der Waals surface area contributed by atoms with Crippen LogP contribution in [0.3, 0.4) is 0 Å². The lowest BCUT2D eigenvalue weighted by Crippen LogP contribution is -2.37. The number of ether oxygens (including phenoxy) is 2. The Morgan fingerprint density at radius 3 is 2.37 bits per heavy atom. The highest BCUT2D eigenvalue weighted by atomic mass is 16.5. The number of hydrogen-bond donors (Lipinski definition) is 1. The molecule has 2 heterocycles. The van der Waals surface area contributed by atoms with Gasteiger partial charge in [-0.15, -0.1) is 0 Å². The Balaban J connectivity index is 1.46. The van der Waals surface area contributed by atoms with Gasteiger partial charge in [-0.2, -0.15) is 4.98 Å². The van der Waals surface area contributed by atoms with Crippen LogP contribution in [0, 0.1) is 6.92 Å². The van der Waals surface area contributed by atoms with Gasteiger partial charge in [0.25, 0.3) is 0 Å². The van der Waals surface area contributed by atoms with E-state index in [1.807, 2.05) is 67.6 Å². The van der Waals surface area contributed by atoms with Crippen molar-refractivity contribution < 1.29 is 9.47 Å². The Labute approximate surface area is 158 Å². The normalized spacial score (nSPS) is 14.0. The molecule has 1 fully saturated rings. The zero-order valence-corrected chi connectivity index (χ0v) is 15.3. The molecule has 0 spiro atoms. The molecule has 1 aliphatic heterocycles. The van der Waals surface area contributed by atoms with Gasteiger partial charge in [-0.05, 0) is 43.3 Å². The number of benzene rings is 2. The van der Waals surface area contributed by atoms with Gasteiger partial charge in [-0.3, -0.25) is 0 Å². The molecule has 138 valence electrons. The Bertz CT molecular complexity index is 878. The quantitative estimate of drug-likeness (QED) is 0.735. The molecular formula is C21H22N4O2. The van der Waals surface area contributed by atoms with Crippen LogP contribution in [0.25, 0.3) is 0 Å². The van der Waals surface area contributed by atoms with Gasteiger partial charge in [0.2, 0.25) is 5.95 Å². The Hall–Kier alpha value is -3.12. The second-order valence-electron chi connectivity index (χ2n) is 6.36. The van der Waals surface area contributed by atoms with E-state index in [-0.39, 0.29) is 0 Å². The highest BCUT2D eigenvalue weighted by Gasteiger charge is 2.15. The maximum Gasteiger partial charge on any atom is 0.227 e. The van der Waals surface area contributed by atoms with Crippen molar-refractivity contribution >= 4 is 17.5 Å². The maximum absolute atomic E-state index is 5.83. The summed E-state index contributed by atoms with van der Waals surface area (Å²) in [6.45, 7) is 5.03. The molecule has 0 radical (unpaired) electrons. The van der Waals surface area contributed by atoms with Crippen LogP contribution in [-0.2, 0) is 4.74 Å². The standard InChI is InChI=1S/C21H22N4O2/c1-16-15-20(24-21(22-16)25-11-13-26-14-12-25)23-17-7-9-19(10-8-17)27-18-5-3-2-4-6-18/h2-10,15H,11-14H2,1H3,(H,22,23,24). The first-order valence-corrected chi connectivity index (χ1v) is 9.05. The van der Waals surface area contributed by atoms with E-state index in [9.17, 15) is 0 Å². The van der Waals surface area contributed by atoms with Crippen LogP contribution in [0.15, 0.2) is 60.7 Å². The zero-order valence-electron chi connectivity index (χ0n) is 15.3. The summed E-state index contributed by atoms with van der Waals surface area (Å²) < 4.78 is 11.2. The third-order valence-corrected chi connectivity index (χ3v) is 4.24. The van der Waals surface area contributed by atoms with Crippen molar-refractivity contribution in [1.29, 1.82) is 0 Å². The number of rotatable bonds is 5. The molecule has 4 rings (SSSR count). The molecule has 6 nitrogen and oxygen atoms in total. The van der Waals surface area contributed by atoms with Gasteiger partial charge >= 0.3 is 0 Å². The van der Waals surface area contributed by atoms with Crippen LogP contribution in [0.4, 0.5) is 17.5 Å². The fourth-order valence-corrected chi connectivity index (χ4v) is 2.90. The molecule has 2 aromatic carbocycles. The molecule has 0 amide bonds. The third kappa shape index (κ3) is 4.54. The third-order valence-electron chi connectivity index (χ3n) is 4.24. The number of nitrogens with one attached hydrogen (secondary N) is 1. The summed E-state index contributed by atoms with van der Waals surface area (Å²) in [5.41, 5.74) is 1.87. The minimum atomic E-state index is 0.711. The molecular weight excluding hydrogens is 340 g/mol. The predicted octanol–water partition coefficient (Wildman–Crippen LogP) is 4.16. The lowest BCUT2D eigenvalue weighted by Gasteiger charge is -2.27. The first-order chi connectivity index (χ1) is 13.3. The van der Waals surface area contributed by atoms with Crippen molar-refractivity contribution in [2.45, 2.75) is 6.92 Å². The molecule has 6 heteroatoms. The Kier molecular flexibility index (Phi) is 5.16. The molecule has 1 aliphatic rings. The number of morpholine rings is 1. The topological polar surface area (TPSA) is 59.5 Å². The van der Waals surface area contributed by atoms with E-state index in [4.69, 9.17) is 9.47 Å². The summed E-state index contributed by atoms with van der Waals surface area (Å²) >= 11 is 0. The number of anilines is 3. The summed E-state index contributed by atoms with van der Waals surface area (Å²) in [5, 5.41) is 3.35. The lowest BCUT2D eigenvalue weighted by atomic mass is 10.3. The molecule has 1 saturated heterocycles. The van der Waals surface area contributed by atoms with Gasteiger partial charge in [0.05, 0.1) is 13.2 Å². The SMILES string of the molecule is Cc1cc(Nc2ccc(Oc3ccccc3)cc2)nc(N2CCOCC2)n1. The molecule has 3 aromatic rings. The fourth-order valence-electron chi connectivity index (χ4n) is 2.90. The first kappa shape index (κ1) is 17.3. The number of nitrogens with zero attached hydrogens (tertiary/aromatic N) is 3. The Morgan fingerprint density at radius 1 is 0.926 bits per heavy atom. The zero-order chi connectivity index (χ0) is 18.5. The van der Waals surface area contributed by atoms with Gasteiger partial charge in [0.1, 0.15) is 17.3 Å². The molecule has 0 bridgehead atoms. The van der Waals surface area contributed by atoms with E-state index in [0.717, 1.165) is 47.7 Å². The fraction of sp³-hybridized carbons (Fsp3) is 0.238. The molecule has 1 N–H and O–H groups in total. The second-order valence-corrected chi connectivity index (χ2v) is 6.36. The summed E-state index contributed by atoms with van der Waals surface area (Å²) in [4.78, 5) is 11.4. The highest BCUT2D eigenvalue weighted by Crippen LogP contribution is 2.24. The molecule has 0 aliphatic carbocycles. The smallest absolute Gasteiger partial charge is 0.227 e. The molecule has 0 unspecified atom stereocenters. The number of aryl methyl sites for hydroxylation is 1. The first-order valence-electron chi connectivity index (χ1n) is 9.05. The minimum Gasteiger partial charge on any atom is -0.457 e. The van der Waals surface area contributed by atoms with Crippen LogP contribution in [0.2, 0.25) is 0 Å². The van der Waals surface area contributed by atoms with Crippen LogP contribution < -0.4 is 15.0 Å².